The van der Waals surface area contributed by atoms with Gasteiger partial charge in [0.25, 0.3) is 0 Å². The van der Waals surface area contributed by atoms with Crippen LogP contribution in [0.15, 0.2) is 42.5 Å². The molecule has 0 aliphatic carbocycles. The van der Waals surface area contributed by atoms with Crippen molar-refractivity contribution in [3.8, 4) is 0 Å². The van der Waals surface area contributed by atoms with Crippen LogP contribution in [0.1, 0.15) is 47.1 Å². The summed E-state index contributed by atoms with van der Waals surface area (Å²) in [7, 11) is 0. The van der Waals surface area contributed by atoms with Gasteiger partial charge in [-0.1, -0.05) is 54.4 Å². The van der Waals surface area contributed by atoms with Crippen molar-refractivity contribution in [1.82, 2.24) is 10.2 Å². The molecule has 138 valence electrons. The zero-order valence-corrected chi connectivity index (χ0v) is 16.1. The van der Waals surface area contributed by atoms with Gasteiger partial charge < -0.3 is 5.32 Å². The average molecular weight is 351 g/mol. The molecular weight excluding hydrogens is 320 g/mol. The van der Waals surface area contributed by atoms with E-state index in [0.29, 0.717) is 13.0 Å². The lowest BCUT2D eigenvalue weighted by atomic mass is 10.0. The highest BCUT2D eigenvalue weighted by molar-refractivity contribution is 5.79. The SMILES string of the molecule is Cc1ccc(C)c(CC(=O)NCc2ccc(CN3CCCCC3)cc2)c1. The van der Waals surface area contributed by atoms with Crippen LogP contribution >= 0.6 is 0 Å². The van der Waals surface area contributed by atoms with E-state index in [1.54, 1.807) is 0 Å². The van der Waals surface area contributed by atoms with E-state index in [1.165, 1.54) is 49.0 Å². The number of rotatable bonds is 6. The number of amides is 1. The topological polar surface area (TPSA) is 32.3 Å². The second-order valence-electron chi connectivity index (χ2n) is 7.54. The number of hydrogen-bond acceptors (Lipinski definition) is 2. The summed E-state index contributed by atoms with van der Waals surface area (Å²) in [6.07, 6.45) is 4.47. The number of hydrogen-bond donors (Lipinski definition) is 1. The van der Waals surface area contributed by atoms with Gasteiger partial charge in [0.05, 0.1) is 6.42 Å². The van der Waals surface area contributed by atoms with Crippen LogP contribution in [-0.2, 0) is 24.3 Å². The molecule has 3 heteroatoms. The van der Waals surface area contributed by atoms with Gasteiger partial charge in [-0.05, 0) is 62.0 Å². The smallest absolute Gasteiger partial charge is 0.224 e. The number of benzene rings is 2. The first-order valence-electron chi connectivity index (χ1n) is 9.73. The molecule has 1 aliphatic heterocycles. The van der Waals surface area contributed by atoms with Gasteiger partial charge in [-0.15, -0.1) is 0 Å². The van der Waals surface area contributed by atoms with E-state index < -0.39 is 0 Å². The molecule has 0 unspecified atom stereocenters. The van der Waals surface area contributed by atoms with Crippen LogP contribution in [-0.4, -0.2) is 23.9 Å². The van der Waals surface area contributed by atoms with Gasteiger partial charge >= 0.3 is 0 Å². The second-order valence-corrected chi connectivity index (χ2v) is 7.54. The number of carbonyl (C=O) groups is 1. The van der Waals surface area contributed by atoms with Crippen LogP contribution in [0.3, 0.4) is 0 Å². The van der Waals surface area contributed by atoms with Crippen LogP contribution in [0.4, 0.5) is 0 Å². The normalized spacial score (nSPS) is 15.0. The molecule has 3 nitrogen and oxygen atoms in total. The number of nitrogens with zero attached hydrogens (tertiary/aromatic N) is 1. The van der Waals surface area contributed by atoms with Crippen LogP contribution in [0.2, 0.25) is 0 Å². The zero-order valence-electron chi connectivity index (χ0n) is 16.1. The lowest BCUT2D eigenvalue weighted by Gasteiger charge is -2.26. The van der Waals surface area contributed by atoms with Crippen molar-refractivity contribution in [3.05, 3.63) is 70.3 Å². The van der Waals surface area contributed by atoms with Gasteiger partial charge in [-0.3, -0.25) is 9.69 Å². The van der Waals surface area contributed by atoms with E-state index in [1.807, 2.05) is 0 Å². The third-order valence-corrected chi connectivity index (χ3v) is 5.22. The van der Waals surface area contributed by atoms with Gasteiger partial charge in [0, 0.05) is 13.1 Å². The predicted molar refractivity (Wildman–Crippen MR) is 107 cm³/mol. The van der Waals surface area contributed by atoms with E-state index in [4.69, 9.17) is 0 Å². The lowest BCUT2D eigenvalue weighted by Crippen LogP contribution is -2.29. The zero-order chi connectivity index (χ0) is 18.4. The van der Waals surface area contributed by atoms with Gasteiger partial charge in [-0.25, -0.2) is 0 Å². The number of nitrogens with one attached hydrogen (secondary N) is 1. The highest BCUT2D eigenvalue weighted by Gasteiger charge is 2.10. The van der Waals surface area contributed by atoms with Crippen molar-refractivity contribution in [2.75, 3.05) is 13.1 Å². The van der Waals surface area contributed by atoms with E-state index in [2.05, 4.69) is 66.5 Å². The fourth-order valence-electron chi connectivity index (χ4n) is 3.57. The lowest BCUT2D eigenvalue weighted by molar-refractivity contribution is -0.120. The van der Waals surface area contributed by atoms with Crippen molar-refractivity contribution in [3.63, 3.8) is 0 Å². The molecule has 0 spiro atoms. The summed E-state index contributed by atoms with van der Waals surface area (Å²) in [6.45, 7) is 8.19. The van der Waals surface area contributed by atoms with Crippen LogP contribution in [0.25, 0.3) is 0 Å². The van der Waals surface area contributed by atoms with Gasteiger partial charge in [0.1, 0.15) is 0 Å². The summed E-state index contributed by atoms with van der Waals surface area (Å²) in [6, 6.07) is 14.9. The van der Waals surface area contributed by atoms with Crippen LogP contribution in [0, 0.1) is 13.8 Å². The predicted octanol–water partition coefficient (Wildman–Crippen LogP) is 4.15. The minimum absolute atomic E-state index is 0.0797. The van der Waals surface area contributed by atoms with Crippen LogP contribution < -0.4 is 5.32 Å². The number of likely N-dealkylation sites (tertiary alicyclic amines) is 1. The maximum absolute atomic E-state index is 12.3. The summed E-state index contributed by atoms with van der Waals surface area (Å²) < 4.78 is 0. The molecule has 3 rings (SSSR count). The summed E-state index contributed by atoms with van der Waals surface area (Å²) in [4.78, 5) is 14.8. The van der Waals surface area contributed by atoms with Crippen molar-refractivity contribution < 1.29 is 4.79 Å². The van der Waals surface area contributed by atoms with E-state index in [9.17, 15) is 4.79 Å². The molecule has 1 aliphatic rings. The first-order chi connectivity index (χ1) is 12.6. The quantitative estimate of drug-likeness (QED) is 0.849. The third kappa shape index (κ3) is 5.43. The van der Waals surface area contributed by atoms with Crippen LogP contribution in [0.5, 0.6) is 0 Å². The fourth-order valence-corrected chi connectivity index (χ4v) is 3.57. The first-order valence-corrected chi connectivity index (χ1v) is 9.73. The van der Waals surface area contributed by atoms with Gasteiger partial charge in [0.15, 0.2) is 0 Å². The Morgan fingerprint density at radius 1 is 0.962 bits per heavy atom. The number of aryl methyl sites for hydroxylation is 2. The maximum atomic E-state index is 12.3. The first kappa shape index (κ1) is 18.7. The second kappa shape index (κ2) is 9.00. The average Bonchev–Trinajstić information content (AvgIpc) is 2.65. The minimum Gasteiger partial charge on any atom is -0.352 e. The Hall–Kier alpha value is -2.13. The Morgan fingerprint density at radius 2 is 1.65 bits per heavy atom. The Balaban J connectivity index is 1.48. The van der Waals surface area contributed by atoms with Crippen molar-refractivity contribution in [2.24, 2.45) is 0 Å². The van der Waals surface area contributed by atoms with Gasteiger partial charge in [-0.2, -0.15) is 0 Å². The van der Waals surface area contributed by atoms with Crippen molar-refractivity contribution in [1.29, 1.82) is 0 Å². The molecule has 2 aromatic rings. The van der Waals surface area contributed by atoms with Crippen molar-refractivity contribution >= 4 is 5.91 Å². The molecule has 1 fully saturated rings. The Bertz CT molecular complexity index is 730. The summed E-state index contributed by atoms with van der Waals surface area (Å²) in [5, 5.41) is 3.05. The van der Waals surface area contributed by atoms with E-state index >= 15 is 0 Å². The molecule has 0 bridgehead atoms. The molecule has 0 radical (unpaired) electrons. The van der Waals surface area contributed by atoms with E-state index in [-0.39, 0.29) is 5.91 Å². The Labute approximate surface area is 157 Å². The molecular formula is C23H30N2O. The highest BCUT2D eigenvalue weighted by atomic mass is 16.1. The Kier molecular flexibility index (Phi) is 6.45. The highest BCUT2D eigenvalue weighted by Crippen LogP contribution is 2.14. The standard InChI is InChI=1S/C23H30N2O/c1-18-6-7-19(2)22(14-18)15-23(26)24-16-20-8-10-21(11-9-20)17-25-12-4-3-5-13-25/h6-11,14H,3-5,12-13,15-17H2,1-2H3,(H,24,26). The molecule has 1 N–H and O–H groups in total. The monoisotopic (exact) mass is 350 g/mol. The molecule has 0 saturated carbocycles. The third-order valence-electron chi connectivity index (χ3n) is 5.22. The number of carbonyl (C=O) groups excluding carboxylic acids is 1. The van der Waals surface area contributed by atoms with Gasteiger partial charge in [0.2, 0.25) is 5.91 Å². The largest absolute Gasteiger partial charge is 0.352 e. The van der Waals surface area contributed by atoms with E-state index in [0.717, 1.165) is 17.7 Å². The summed E-state index contributed by atoms with van der Waals surface area (Å²) in [5.41, 5.74) is 5.99. The summed E-state index contributed by atoms with van der Waals surface area (Å²) in [5.74, 6) is 0.0797. The summed E-state index contributed by atoms with van der Waals surface area (Å²) >= 11 is 0. The Morgan fingerprint density at radius 3 is 2.38 bits per heavy atom. The molecule has 0 atom stereocenters. The fraction of sp³-hybridized carbons (Fsp3) is 0.435. The minimum atomic E-state index is 0.0797. The van der Waals surface area contributed by atoms with Crippen molar-refractivity contribution in [2.45, 2.75) is 52.6 Å². The molecule has 1 amide bonds. The molecule has 26 heavy (non-hydrogen) atoms. The molecule has 2 aromatic carbocycles. The maximum Gasteiger partial charge on any atom is 0.224 e. The molecule has 1 heterocycles. The molecule has 0 aromatic heterocycles. The molecule has 1 saturated heterocycles. The number of piperidine rings is 1.